The first-order valence-electron chi connectivity index (χ1n) is 4.41. The van der Waals surface area contributed by atoms with Crippen LogP contribution in [0.4, 0.5) is 5.69 Å². The summed E-state index contributed by atoms with van der Waals surface area (Å²) < 4.78 is 0. The number of hydrogen-bond acceptors (Lipinski definition) is 5. The summed E-state index contributed by atoms with van der Waals surface area (Å²) in [5.41, 5.74) is 10.4. The van der Waals surface area contributed by atoms with E-state index < -0.39 is 0 Å². The number of nitrogens with one attached hydrogen (secondary N) is 1. The molecule has 0 radical (unpaired) electrons. The van der Waals surface area contributed by atoms with Gasteiger partial charge in [-0.05, 0) is 24.3 Å². The van der Waals surface area contributed by atoms with Gasteiger partial charge in [-0.1, -0.05) is 0 Å². The standard InChI is InChI=1S/C9H16N4S/c1-14-6-8(13-11)4-7-5-12-3-2-9(7)10/h2-3,5,8,13H,4,6,11H2,1H3,(H2,10,12). The van der Waals surface area contributed by atoms with E-state index in [4.69, 9.17) is 11.6 Å². The molecule has 1 heterocycles. The number of hydrazine groups is 1. The molecule has 0 spiro atoms. The molecule has 0 aromatic carbocycles. The van der Waals surface area contributed by atoms with Gasteiger partial charge in [0.05, 0.1) is 0 Å². The van der Waals surface area contributed by atoms with Crippen molar-refractivity contribution in [2.75, 3.05) is 17.7 Å². The minimum absolute atomic E-state index is 0.247. The molecule has 0 aliphatic carbocycles. The molecule has 0 aliphatic heterocycles. The summed E-state index contributed by atoms with van der Waals surface area (Å²) in [5.74, 6) is 6.40. The van der Waals surface area contributed by atoms with Crippen molar-refractivity contribution < 1.29 is 0 Å². The molecule has 1 atom stereocenters. The van der Waals surface area contributed by atoms with Crippen molar-refractivity contribution in [1.29, 1.82) is 0 Å². The molecular weight excluding hydrogens is 196 g/mol. The molecule has 5 heteroatoms. The van der Waals surface area contributed by atoms with Gasteiger partial charge in [-0.15, -0.1) is 0 Å². The Morgan fingerprint density at radius 3 is 3.00 bits per heavy atom. The third-order valence-corrected chi connectivity index (χ3v) is 2.75. The maximum atomic E-state index is 5.80. The van der Waals surface area contributed by atoms with Gasteiger partial charge in [0, 0.05) is 29.9 Å². The minimum Gasteiger partial charge on any atom is -0.398 e. The predicted octanol–water partition coefficient (Wildman–Crippen LogP) is 0.401. The van der Waals surface area contributed by atoms with E-state index in [0.29, 0.717) is 0 Å². The average Bonchev–Trinajstić information content (AvgIpc) is 2.20. The highest BCUT2D eigenvalue weighted by atomic mass is 32.2. The first-order chi connectivity index (χ1) is 6.77. The Kier molecular flexibility index (Phi) is 4.72. The first kappa shape index (κ1) is 11.3. The van der Waals surface area contributed by atoms with E-state index in [1.54, 1.807) is 24.2 Å². The largest absolute Gasteiger partial charge is 0.398 e. The second-order valence-corrected chi connectivity index (χ2v) is 4.01. The SMILES string of the molecule is CSCC(Cc1cnccc1N)NN. The summed E-state index contributed by atoms with van der Waals surface area (Å²) in [7, 11) is 0. The van der Waals surface area contributed by atoms with Crippen molar-refractivity contribution in [2.45, 2.75) is 12.5 Å². The van der Waals surface area contributed by atoms with Gasteiger partial charge in [0.1, 0.15) is 0 Å². The van der Waals surface area contributed by atoms with Crippen molar-refractivity contribution in [3.05, 3.63) is 24.0 Å². The molecule has 0 aliphatic rings. The summed E-state index contributed by atoms with van der Waals surface area (Å²) in [5, 5.41) is 0. The number of aromatic nitrogens is 1. The van der Waals surface area contributed by atoms with Gasteiger partial charge in [-0.2, -0.15) is 11.8 Å². The van der Waals surface area contributed by atoms with E-state index in [1.165, 1.54) is 0 Å². The van der Waals surface area contributed by atoms with E-state index in [1.807, 2.05) is 6.07 Å². The number of nitrogen functional groups attached to an aromatic ring is 1. The maximum Gasteiger partial charge on any atom is 0.0378 e. The molecule has 0 saturated heterocycles. The van der Waals surface area contributed by atoms with Crippen LogP contribution in [0, 0.1) is 0 Å². The quantitative estimate of drug-likeness (QED) is 0.486. The molecule has 1 aromatic rings. The molecule has 1 rings (SSSR count). The van der Waals surface area contributed by atoms with Crippen LogP contribution in [0.5, 0.6) is 0 Å². The summed E-state index contributed by atoms with van der Waals surface area (Å²) in [4.78, 5) is 4.04. The van der Waals surface area contributed by atoms with Crippen LogP contribution in [-0.2, 0) is 6.42 Å². The molecule has 1 unspecified atom stereocenters. The van der Waals surface area contributed by atoms with E-state index in [2.05, 4.69) is 16.7 Å². The van der Waals surface area contributed by atoms with E-state index in [0.717, 1.165) is 23.4 Å². The highest BCUT2D eigenvalue weighted by Gasteiger charge is 2.08. The average molecular weight is 212 g/mol. The Balaban J connectivity index is 2.62. The fourth-order valence-electron chi connectivity index (χ4n) is 1.24. The van der Waals surface area contributed by atoms with Crippen molar-refractivity contribution >= 4 is 17.4 Å². The van der Waals surface area contributed by atoms with Crippen LogP contribution in [-0.4, -0.2) is 23.0 Å². The zero-order valence-electron chi connectivity index (χ0n) is 8.23. The van der Waals surface area contributed by atoms with Gasteiger partial charge < -0.3 is 5.73 Å². The minimum atomic E-state index is 0.247. The van der Waals surface area contributed by atoms with Gasteiger partial charge in [-0.25, -0.2) is 0 Å². The second kappa shape index (κ2) is 5.85. The Morgan fingerprint density at radius 1 is 1.64 bits per heavy atom. The van der Waals surface area contributed by atoms with Crippen LogP contribution in [0.1, 0.15) is 5.56 Å². The highest BCUT2D eigenvalue weighted by molar-refractivity contribution is 7.98. The molecule has 0 bridgehead atoms. The Bertz CT molecular complexity index is 279. The molecule has 14 heavy (non-hydrogen) atoms. The second-order valence-electron chi connectivity index (χ2n) is 3.10. The van der Waals surface area contributed by atoms with Gasteiger partial charge in [0.25, 0.3) is 0 Å². The Hall–Kier alpha value is -0.780. The van der Waals surface area contributed by atoms with Gasteiger partial charge in [0.2, 0.25) is 0 Å². The maximum absolute atomic E-state index is 5.80. The Labute approximate surface area is 88.4 Å². The molecule has 0 amide bonds. The highest BCUT2D eigenvalue weighted by Crippen LogP contribution is 2.12. The number of hydrogen-bond donors (Lipinski definition) is 3. The summed E-state index contributed by atoms with van der Waals surface area (Å²) in [6.45, 7) is 0. The smallest absolute Gasteiger partial charge is 0.0378 e. The van der Waals surface area contributed by atoms with Crippen LogP contribution in [0.15, 0.2) is 18.5 Å². The number of rotatable bonds is 5. The normalized spacial score (nSPS) is 12.7. The predicted molar refractivity (Wildman–Crippen MR) is 61.8 cm³/mol. The molecular formula is C9H16N4S. The lowest BCUT2D eigenvalue weighted by molar-refractivity contribution is 0.576. The zero-order valence-corrected chi connectivity index (χ0v) is 9.05. The number of thioether (sulfide) groups is 1. The summed E-state index contributed by atoms with van der Waals surface area (Å²) in [6.07, 6.45) is 6.35. The fourth-order valence-corrected chi connectivity index (χ4v) is 1.86. The number of pyridine rings is 1. The molecule has 5 N–H and O–H groups in total. The molecule has 4 nitrogen and oxygen atoms in total. The molecule has 1 aromatic heterocycles. The lowest BCUT2D eigenvalue weighted by Gasteiger charge is -2.15. The number of nitrogens with two attached hydrogens (primary N) is 2. The summed E-state index contributed by atoms with van der Waals surface area (Å²) in [6, 6.07) is 2.05. The van der Waals surface area contributed by atoms with Crippen molar-refractivity contribution in [3.63, 3.8) is 0 Å². The van der Waals surface area contributed by atoms with Crippen LogP contribution >= 0.6 is 11.8 Å². The lowest BCUT2D eigenvalue weighted by Crippen LogP contribution is -2.38. The topological polar surface area (TPSA) is 77.0 Å². The van der Waals surface area contributed by atoms with Crippen molar-refractivity contribution in [3.8, 4) is 0 Å². The zero-order chi connectivity index (χ0) is 10.4. The Morgan fingerprint density at radius 2 is 2.43 bits per heavy atom. The lowest BCUT2D eigenvalue weighted by atomic mass is 10.1. The third kappa shape index (κ3) is 3.17. The van der Waals surface area contributed by atoms with Gasteiger partial charge in [0.15, 0.2) is 0 Å². The van der Waals surface area contributed by atoms with Crippen molar-refractivity contribution in [1.82, 2.24) is 10.4 Å². The monoisotopic (exact) mass is 212 g/mol. The van der Waals surface area contributed by atoms with E-state index >= 15 is 0 Å². The number of anilines is 1. The van der Waals surface area contributed by atoms with Crippen molar-refractivity contribution in [2.24, 2.45) is 5.84 Å². The first-order valence-corrected chi connectivity index (χ1v) is 5.80. The third-order valence-electron chi connectivity index (χ3n) is 2.01. The van der Waals surface area contributed by atoms with Crippen LogP contribution in [0.25, 0.3) is 0 Å². The number of nitrogens with zero attached hydrogens (tertiary/aromatic N) is 1. The molecule has 78 valence electrons. The van der Waals surface area contributed by atoms with E-state index in [-0.39, 0.29) is 6.04 Å². The van der Waals surface area contributed by atoms with Crippen LogP contribution in [0.3, 0.4) is 0 Å². The van der Waals surface area contributed by atoms with Gasteiger partial charge >= 0.3 is 0 Å². The van der Waals surface area contributed by atoms with Crippen LogP contribution in [0.2, 0.25) is 0 Å². The van der Waals surface area contributed by atoms with Gasteiger partial charge in [-0.3, -0.25) is 16.3 Å². The molecule has 0 fully saturated rings. The van der Waals surface area contributed by atoms with Crippen LogP contribution < -0.4 is 17.0 Å². The summed E-state index contributed by atoms with van der Waals surface area (Å²) >= 11 is 1.76. The van der Waals surface area contributed by atoms with E-state index in [9.17, 15) is 0 Å². The fraction of sp³-hybridized carbons (Fsp3) is 0.444. The molecule has 0 saturated carbocycles.